The predicted octanol–water partition coefficient (Wildman–Crippen LogP) is 4.04. The smallest absolute Gasteiger partial charge is 0.344 e. The van der Waals surface area contributed by atoms with E-state index < -0.39 is 11.6 Å². The Bertz CT molecular complexity index is 1330. The highest BCUT2D eigenvalue weighted by Crippen LogP contribution is 2.36. The Balaban J connectivity index is 1.51. The van der Waals surface area contributed by atoms with Gasteiger partial charge in [-0.25, -0.2) is 18.6 Å². The van der Waals surface area contributed by atoms with E-state index in [9.17, 15) is 13.6 Å². The lowest BCUT2D eigenvalue weighted by Crippen LogP contribution is -2.26. The van der Waals surface area contributed by atoms with Crippen molar-refractivity contribution in [1.29, 1.82) is 0 Å². The molecule has 2 aromatic carbocycles. The Labute approximate surface area is 180 Å². The monoisotopic (exact) mass is 442 g/mol. The van der Waals surface area contributed by atoms with Crippen LogP contribution in [-0.4, -0.2) is 32.6 Å². The molecule has 1 aliphatic heterocycles. The van der Waals surface area contributed by atoms with Gasteiger partial charge in [0, 0.05) is 60.4 Å². The number of aromatic amines is 1. The first-order valence-corrected chi connectivity index (χ1v) is 10.0. The molecule has 3 heterocycles. The van der Waals surface area contributed by atoms with Gasteiger partial charge in [-0.3, -0.25) is 4.90 Å². The predicted molar refractivity (Wildman–Crippen MR) is 113 cm³/mol. The van der Waals surface area contributed by atoms with E-state index in [0.29, 0.717) is 42.5 Å². The highest BCUT2D eigenvalue weighted by atomic mass is 35.5. The summed E-state index contributed by atoms with van der Waals surface area (Å²) in [6, 6.07) is 7.88. The van der Waals surface area contributed by atoms with Crippen molar-refractivity contribution >= 4 is 22.5 Å². The fraction of sp³-hybridized carbons (Fsp3) is 0.182. The second-order valence-corrected chi connectivity index (χ2v) is 7.79. The molecular formula is C22H17ClF2N4O2. The van der Waals surface area contributed by atoms with Gasteiger partial charge < -0.3 is 14.3 Å². The summed E-state index contributed by atoms with van der Waals surface area (Å²) in [5.41, 5.74) is 2.63. The average molecular weight is 443 g/mol. The molecule has 0 atom stereocenters. The van der Waals surface area contributed by atoms with E-state index in [1.165, 1.54) is 0 Å². The number of hydrogen-bond donors (Lipinski definition) is 1. The Kier molecular flexibility index (Phi) is 4.95. The molecule has 31 heavy (non-hydrogen) atoms. The van der Waals surface area contributed by atoms with Crippen molar-refractivity contribution in [2.24, 2.45) is 0 Å². The van der Waals surface area contributed by atoms with Gasteiger partial charge in [-0.1, -0.05) is 11.6 Å². The number of hydrogen-bond acceptors (Lipinski definition) is 4. The minimum Gasteiger partial charge on any atom is -0.490 e. The van der Waals surface area contributed by atoms with Crippen molar-refractivity contribution in [3.63, 3.8) is 0 Å². The molecule has 5 rings (SSSR count). The molecule has 6 nitrogen and oxygen atoms in total. The molecule has 0 unspecified atom stereocenters. The van der Waals surface area contributed by atoms with Crippen LogP contribution in [0, 0.1) is 11.6 Å². The van der Waals surface area contributed by atoms with Gasteiger partial charge in [0.1, 0.15) is 12.4 Å². The molecule has 4 aromatic rings. The molecule has 0 spiro atoms. The number of ether oxygens (including phenoxy) is 1. The number of rotatable bonds is 3. The third kappa shape index (κ3) is 3.68. The molecule has 0 bridgehead atoms. The van der Waals surface area contributed by atoms with Crippen LogP contribution >= 0.6 is 11.6 Å². The molecule has 0 saturated heterocycles. The summed E-state index contributed by atoms with van der Waals surface area (Å²) in [6.45, 7) is 2.26. The van der Waals surface area contributed by atoms with Crippen LogP contribution < -0.4 is 10.4 Å². The summed E-state index contributed by atoms with van der Waals surface area (Å²) in [4.78, 5) is 19.7. The van der Waals surface area contributed by atoms with Gasteiger partial charge in [0.2, 0.25) is 0 Å². The average Bonchev–Trinajstić information content (AvgIpc) is 3.08. The summed E-state index contributed by atoms with van der Waals surface area (Å²) in [5.74, 6) is -1.15. The lowest BCUT2D eigenvalue weighted by atomic mass is 10.1. The van der Waals surface area contributed by atoms with Crippen molar-refractivity contribution in [3.8, 4) is 11.4 Å². The number of aromatic nitrogens is 3. The maximum Gasteiger partial charge on any atom is 0.344 e. The number of halogens is 3. The zero-order valence-corrected chi connectivity index (χ0v) is 17.0. The Morgan fingerprint density at radius 2 is 2.10 bits per heavy atom. The van der Waals surface area contributed by atoms with Gasteiger partial charge in [-0.15, -0.1) is 0 Å². The lowest BCUT2D eigenvalue weighted by molar-refractivity contribution is 0.219. The molecule has 1 aliphatic rings. The first kappa shape index (κ1) is 19.7. The van der Waals surface area contributed by atoms with Crippen LogP contribution in [0.5, 0.6) is 5.75 Å². The number of fused-ring (bicyclic) bond motifs is 2. The second-order valence-electron chi connectivity index (χ2n) is 7.38. The molecule has 0 radical (unpaired) electrons. The van der Waals surface area contributed by atoms with Crippen LogP contribution in [-0.2, 0) is 13.1 Å². The molecular weight excluding hydrogens is 426 g/mol. The van der Waals surface area contributed by atoms with E-state index in [1.807, 2.05) is 6.07 Å². The minimum atomic E-state index is -0.883. The minimum absolute atomic E-state index is 0.203. The standard InChI is InChI=1S/C22H17ClF2N4O2/c23-17-8-15(29-4-3-16-19(29)2-1-18(24)20(16)25)7-14-12-28(5-6-31-21(14)17)11-13-9-26-22(30)27-10-13/h1-4,7-10H,5-6,11-12H2,(H,26,27,30). The molecule has 0 fully saturated rings. The molecule has 158 valence electrons. The zero-order valence-electron chi connectivity index (χ0n) is 16.2. The van der Waals surface area contributed by atoms with Crippen molar-refractivity contribution in [3.05, 3.63) is 87.2 Å². The fourth-order valence-electron chi connectivity index (χ4n) is 3.88. The normalized spacial score (nSPS) is 14.3. The second kappa shape index (κ2) is 7.79. The summed E-state index contributed by atoms with van der Waals surface area (Å²) in [7, 11) is 0. The van der Waals surface area contributed by atoms with Gasteiger partial charge in [0.25, 0.3) is 0 Å². The third-order valence-electron chi connectivity index (χ3n) is 5.33. The quantitative estimate of drug-likeness (QED) is 0.520. The van der Waals surface area contributed by atoms with Gasteiger partial charge in [0.05, 0.1) is 10.5 Å². The summed E-state index contributed by atoms with van der Waals surface area (Å²) < 4.78 is 35.4. The van der Waals surface area contributed by atoms with Crippen LogP contribution in [0.2, 0.25) is 5.02 Å². The summed E-state index contributed by atoms with van der Waals surface area (Å²) >= 11 is 6.53. The Hall–Kier alpha value is -3.23. The largest absolute Gasteiger partial charge is 0.490 e. The van der Waals surface area contributed by atoms with Crippen LogP contribution in [0.3, 0.4) is 0 Å². The van der Waals surface area contributed by atoms with Crippen molar-refractivity contribution in [1.82, 2.24) is 19.4 Å². The van der Waals surface area contributed by atoms with E-state index in [0.717, 1.165) is 22.9 Å². The highest BCUT2D eigenvalue weighted by molar-refractivity contribution is 6.32. The number of benzene rings is 2. The van der Waals surface area contributed by atoms with Crippen LogP contribution in [0.1, 0.15) is 11.1 Å². The van der Waals surface area contributed by atoms with Gasteiger partial charge >= 0.3 is 5.69 Å². The van der Waals surface area contributed by atoms with Crippen LogP contribution in [0.15, 0.2) is 53.7 Å². The van der Waals surface area contributed by atoms with E-state index in [1.54, 1.807) is 41.4 Å². The Morgan fingerprint density at radius 1 is 1.23 bits per heavy atom. The van der Waals surface area contributed by atoms with Crippen molar-refractivity contribution in [2.45, 2.75) is 13.1 Å². The van der Waals surface area contributed by atoms with Gasteiger partial charge in [-0.2, -0.15) is 0 Å². The molecule has 0 amide bonds. The van der Waals surface area contributed by atoms with E-state index in [4.69, 9.17) is 16.3 Å². The first-order chi connectivity index (χ1) is 15.0. The van der Waals surface area contributed by atoms with Gasteiger partial charge in [-0.05, 0) is 30.3 Å². The maximum atomic E-state index is 14.1. The number of nitrogens with one attached hydrogen (secondary N) is 1. The Morgan fingerprint density at radius 3 is 2.90 bits per heavy atom. The first-order valence-electron chi connectivity index (χ1n) is 9.66. The molecule has 1 N–H and O–H groups in total. The molecule has 0 saturated carbocycles. The third-order valence-corrected chi connectivity index (χ3v) is 5.61. The number of nitrogens with zero attached hydrogens (tertiary/aromatic N) is 3. The van der Waals surface area contributed by atoms with Crippen molar-refractivity contribution < 1.29 is 13.5 Å². The van der Waals surface area contributed by atoms with Crippen LogP contribution in [0.4, 0.5) is 8.78 Å². The number of H-pyrrole nitrogens is 1. The fourth-order valence-corrected chi connectivity index (χ4v) is 4.17. The highest BCUT2D eigenvalue weighted by Gasteiger charge is 2.20. The summed E-state index contributed by atoms with van der Waals surface area (Å²) in [6.07, 6.45) is 4.88. The van der Waals surface area contributed by atoms with Crippen LogP contribution in [0.25, 0.3) is 16.6 Å². The van der Waals surface area contributed by atoms with Gasteiger partial charge in [0.15, 0.2) is 11.6 Å². The topological polar surface area (TPSA) is 63.2 Å². The van der Waals surface area contributed by atoms with E-state index >= 15 is 0 Å². The maximum absolute atomic E-state index is 14.1. The SMILES string of the molecule is O=c1ncc(CN2CCOc3c(Cl)cc(-n4ccc5c(F)c(F)ccc54)cc3C2)c[nH]1. The van der Waals surface area contributed by atoms with E-state index in [-0.39, 0.29) is 11.1 Å². The van der Waals surface area contributed by atoms with Crippen molar-refractivity contribution in [2.75, 3.05) is 13.2 Å². The molecule has 9 heteroatoms. The summed E-state index contributed by atoms with van der Waals surface area (Å²) in [5, 5.41) is 0.652. The molecule has 0 aliphatic carbocycles. The molecule has 2 aromatic heterocycles. The van der Waals surface area contributed by atoms with E-state index in [2.05, 4.69) is 14.9 Å². The lowest BCUT2D eigenvalue weighted by Gasteiger charge is -2.19. The zero-order chi connectivity index (χ0) is 21.5.